The van der Waals surface area contributed by atoms with Crippen LogP contribution in [0.1, 0.15) is 35.2 Å². The third-order valence-corrected chi connectivity index (χ3v) is 6.11. The Morgan fingerprint density at radius 2 is 2.00 bits per heavy atom. The van der Waals surface area contributed by atoms with Gasteiger partial charge in [-0.1, -0.05) is 41.4 Å². The predicted molar refractivity (Wildman–Crippen MR) is 128 cm³/mol. The minimum Gasteiger partial charge on any atom is -0.385 e. The fourth-order valence-corrected chi connectivity index (χ4v) is 4.31. The van der Waals surface area contributed by atoms with Crippen LogP contribution in [0, 0.1) is 5.92 Å². The van der Waals surface area contributed by atoms with E-state index in [4.69, 9.17) is 27.9 Å². The molecule has 1 fully saturated rings. The van der Waals surface area contributed by atoms with E-state index in [2.05, 4.69) is 15.5 Å². The smallest absolute Gasteiger partial charge is 0.253 e. The number of hydrogen-bond donors (Lipinski definition) is 2. The van der Waals surface area contributed by atoms with Crippen molar-refractivity contribution in [3.8, 4) is 0 Å². The van der Waals surface area contributed by atoms with Gasteiger partial charge in [-0.15, -0.1) is 0 Å². The molecule has 0 saturated carbocycles. The number of ether oxygens (including phenoxy) is 1. The highest BCUT2D eigenvalue weighted by atomic mass is 35.5. The second-order valence-electron chi connectivity index (χ2n) is 7.95. The summed E-state index contributed by atoms with van der Waals surface area (Å²) in [5, 5.41) is 7.08. The molecule has 1 heterocycles. The lowest BCUT2D eigenvalue weighted by atomic mass is 9.96. The van der Waals surface area contributed by atoms with Gasteiger partial charge in [0, 0.05) is 43.4 Å². The zero-order chi connectivity index (χ0) is 22.9. The maximum Gasteiger partial charge on any atom is 0.253 e. The van der Waals surface area contributed by atoms with Gasteiger partial charge in [-0.05, 0) is 55.6 Å². The molecule has 0 spiro atoms. The highest BCUT2D eigenvalue weighted by Gasteiger charge is 2.27. The van der Waals surface area contributed by atoms with Gasteiger partial charge in [0.05, 0.1) is 17.2 Å². The summed E-state index contributed by atoms with van der Waals surface area (Å²) in [5.74, 6) is -0.441. The highest BCUT2D eigenvalue weighted by Crippen LogP contribution is 2.26. The van der Waals surface area contributed by atoms with Gasteiger partial charge in [0.15, 0.2) is 0 Å². The number of carbonyl (C=O) groups is 2. The molecule has 0 bridgehead atoms. The lowest BCUT2D eigenvalue weighted by Gasteiger charge is -2.32. The van der Waals surface area contributed by atoms with E-state index in [0.29, 0.717) is 47.5 Å². The summed E-state index contributed by atoms with van der Waals surface area (Å²) >= 11 is 12.3. The maximum absolute atomic E-state index is 13.0. The minimum absolute atomic E-state index is 0.0727. The molecule has 0 radical (unpaired) electrons. The molecular formula is C24H29Cl2N3O3. The third kappa shape index (κ3) is 6.94. The molecular weight excluding hydrogens is 449 g/mol. The third-order valence-electron chi connectivity index (χ3n) is 5.53. The molecule has 6 nitrogen and oxygen atoms in total. The van der Waals surface area contributed by atoms with Crippen molar-refractivity contribution in [3.05, 3.63) is 63.6 Å². The van der Waals surface area contributed by atoms with Crippen molar-refractivity contribution in [1.29, 1.82) is 0 Å². The van der Waals surface area contributed by atoms with Crippen LogP contribution in [0.4, 0.5) is 5.69 Å². The SMILES string of the molecule is COCCCNC(=O)c1ccccc1NC(=O)C1CCCN(Cc2ccc(Cl)cc2Cl)C1. The molecule has 0 aliphatic carbocycles. The number of methoxy groups -OCH3 is 1. The first kappa shape index (κ1) is 24.5. The van der Waals surface area contributed by atoms with Crippen molar-refractivity contribution in [1.82, 2.24) is 10.2 Å². The lowest BCUT2D eigenvalue weighted by Crippen LogP contribution is -2.40. The van der Waals surface area contributed by atoms with E-state index < -0.39 is 0 Å². The van der Waals surface area contributed by atoms with Crippen molar-refractivity contribution in [3.63, 3.8) is 0 Å². The standard InChI is InChI=1S/C24H29Cl2N3O3/c1-32-13-5-11-27-24(31)20-7-2-3-8-22(20)28-23(30)18-6-4-12-29(16-18)15-17-9-10-19(25)14-21(17)26/h2-3,7-10,14,18H,4-6,11-13,15-16H2,1H3,(H,27,31)(H,28,30). The highest BCUT2D eigenvalue weighted by molar-refractivity contribution is 6.35. The average Bonchev–Trinajstić information content (AvgIpc) is 2.79. The van der Waals surface area contributed by atoms with Crippen LogP contribution in [-0.4, -0.2) is 50.1 Å². The molecule has 32 heavy (non-hydrogen) atoms. The van der Waals surface area contributed by atoms with Crippen molar-refractivity contribution in [2.45, 2.75) is 25.8 Å². The van der Waals surface area contributed by atoms with E-state index in [9.17, 15) is 9.59 Å². The number of para-hydroxylation sites is 1. The Bertz CT molecular complexity index is 938. The number of rotatable bonds is 9. The van der Waals surface area contributed by atoms with Gasteiger partial charge in [0.1, 0.15) is 0 Å². The molecule has 2 aromatic carbocycles. The lowest BCUT2D eigenvalue weighted by molar-refractivity contribution is -0.121. The number of benzene rings is 2. The van der Waals surface area contributed by atoms with Gasteiger partial charge in [-0.3, -0.25) is 14.5 Å². The summed E-state index contributed by atoms with van der Waals surface area (Å²) in [7, 11) is 1.63. The summed E-state index contributed by atoms with van der Waals surface area (Å²) in [6, 6.07) is 12.6. The normalized spacial score (nSPS) is 16.5. The van der Waals surface area contributed by atoms with Crippen LogP contribution in [0.5, 0.6) is 0 Å². The first-order valence-corrected chi connectivity index (χ1v) is 11.6. The first-order chi connectivity index (χ1) is 15.5. The maximum atomic E-state index is 13.0. The molecule has 2 N–H and O–H groups in total. The summed E-state index contributed by atoms with van der Waals surface area (Å²) in [5.41, 5.74) is 1.98. The van der Waals surface area contributed by atoms with E-state index in [1.165, 1.54) is 0 Å². The number of halogens is 2. The van der Waals surface area contributed by atoms with Crippen LogP contribution in [0.3, 0.4) is 0 Å². The van der Waals surface area contributed by atoms with E-state index in [1.807, 2.05) is 18.2 Å². The molecule has 1 aliphatic heterocycles. The number of nitrogens with one attached hydrogen (secondary N) is 2. The number of amides is 2. The van der Waals surface area contributed by atoms with Crippen LogP contribution in [0.15, 0.2) is 42.5 Å². The van der Waals surface area contributed by atoms with Gasteiger partial charge in [0.25, 0.3) is 5.91 Å². The molecule has 2 amide bonds. The number of nitrogens with zero attached hydrogens (tertiary/aromatic N) is 1. The summed E-state index contributed by atoms with van der Waals surface area (Å²) in [6.45, 7) is 3.30. The largest absolute Gasteiger partial charge is 0.385 e. The first-order valence-electron chi connectivity index (χ1n) is 10.8. The molecule has 1 saturated heterocycles. The van der Waals surface area contributed by atoms with E-state index in [-0.39, 0.29) is 17.7 Å². The van der Waals surface area contributed by atoms with Crippen LogP contribution in [0.25, 0.3) is 0 Å². The van der Waals surface area contributed by atoms with Crippen LogP contribution in [-0.2, 0) is 16.1 Å². The summed E-state index contributed by atoms with van der Waals surface area (Å²) in [4.78, 5) is 27.8. The zero-order valence-electron chi connectivity index (χ0n) is 18.2. The fraction of sp³-hybridized carbons (Fsp3) is 0.417. The molecule has 3 rings (SSSR count). The second-order valence-corrected chi connectivity index (χ2v) is 8.79. The van der Waals surface area contributed by atoms with Gasteiger partial charge >= 0.3 is 0 Å². The molecule has 1 aliphatic rings. The topological polar surface area (TPSA) is 70.7 Å². The predicted octanol–water partition coefficient (Wildman–Crippen LogP) is 4.61. The molecule has 1 unspecified atom stereocenters. The van der Waals surface area contributed by atoms with Crippen molar-refractivity contribution >= 4 is 40.7 Å². The Labute approximate surface area is 199 Å². The van der Waals surface area contributed by atoms with Crippen LogP contribution < -0.4 is 10.6 Å². The van der Waals surface area contributed by atoms with E-state index >= 15 is 0 Å². The van der Waals surface area contributed by atoms with Crippen molar-refractivity contribution in [2.24, 2.45) is 5.92 Å². The van der Waals surface area contributed by atoms with E-state index in [0.717, 1.165) is 31.4 Å². The van der Waals surface area contributed by atoms with Gasteiger partial charge < -0.3 is 15.4 Å². The summed E-state index contributed by atoms with van der Waals surface area (Å²) < 4.78 is 5.01. The average molecular weight is 478 g/mol. The fourth-order valence-electron chi connectivity index (χ4n) is 3.84. The second kappa shape index (κ2) is 12.2. The van der Waals surface area contributed by atoms with Gasteiger partial charge in [-0.25, -0.2) is 0 Å². The molecule has 2 aromatic rings. The Morgan fingerprint density at radius 1 is 1.19 bits per heavy atom. The Kier molecular flexibility index (Phi) is 9.36. The summed E-state index contributed by atoms with van der Waals surface area (Å²) in [6.07, 6.45) is 2.46. The number of carbonyl (C=O) groups excluding carboxylic acids is 2. The number of hydrogen-bond acceptors (Lipinski definition) is 4. The van der Waals surface area contributed by atoms with Gasteiger partial charge in [0.2, 0.25) is 5.91 Å². The number of likely N-dealkylation sites (tertiary alicyclic amines) is 1. The Balaban J connectivity index is 1.60. The van der Waals surface area contributed by atoms with Crippen LogP contribution in [0.2, 0.25) is 10.0 Å². The van der Waals surface area contributed by atoms with Gasteiger partial charge in [-0.2, -0.15) is 0 Å². The molecule has 172 valence electrons. The molecule has 8 heteroatoms. The Morgan fingerprint density at radius 3 is 2.78 bits per heavy atom. The number of piperidine rings is 1. The minimum atomic E-state index is -0.209. The van der Waals surface area contributed by atoms with E-state index in [1.54, 1.807) is 31.4 Å². The zero-order valence-corrected chi connectivity index (χ0v) is 19.7. The van der Waals surface area contributed by atoms with Crippen LogP contribution >= 0.6 is 23.2 Å². The number of anilines is 1. The van der Waals surface area contributed by atoms with Crippen molar-refractivity contribution in [2.75, 3.05) is 38.7 Å². The van der Waals surface area contributed by atoms with Crippen molar-refractivity contribution < 1.29 is 14.3 Å². The monoisotopic (exact) mass is 477 g/mol. The molecule has 0 aromatic heterocycles. The molecule has 1 atom stereocenters. The quantitative estimate of drug-likeness (QED) is 0.517. The Hall–Kier alpha value is -2.12.